The van der Waals surface area contributed by atoms with Gasteiger partial charge in [-0.05, 0) is 13.0 Å². The van der Waals surface area contributed by atoms with Crippen LogP contribution in [0.3, 0.4) is 0 Å². The summed E-state index contributed by atoms with van der Waals surface area (Å²) >= 11 is 0. The van der Waals surface area contributed by atoms with E-state index in [4.69, 9.17) is 9.84 Å². The van der Waals surface area contributed by atoms with Crippen LogP contribution >= 0.6 is 0 Å². The molecular formula is C12H15N3O3. The topological polar surface area (TPSA) is 80.4 Å². The van der Waals surface area contributed by atoms with Crippen LogP contribution in [0.2, 0.25) is 0 Å². The van der Waals surface area contributed by atoms with Crippen LogP contribution < -0.4 is 0 Å². The van der Waals surface area contributed by atoms with Crippen LogP contribution in [0.25, 0.3) is 11.0 Å². The molecule has 0 unspecified atom stereocenters. The maximum absolute atomic E-state index is 9.75. The lowest BCUT2D eigenvalue weighted by atomic mass is 10.2. The van der Waals surface area contributed by atoms with Crippen LogP contribution in [0.15, 0.2) is 18.6 Å². The van der Waals surface area contributed by atoms with Gasteiger partial charge in [0.05, 0.1) is 18.4 Å². The first kappa shape index (κ1) is 11.6. The molecule has 1 fully saturated rings. The van der Waals surface area contributed by atoms with E-state index in [2.05, 4.69) is 9.97 Å². The van der Waals surface area contributed by atoms with Gasteiger partial charge >= 0.3 is 0 Å². The van der Waals surface area contributed by atoms with Gasteiger partial charge in [0.25, 0.3) is 0 Å². The molecule has 0 saturated carbocycles. The average molecular weight is 249 g/mol. The molecule has 0 spiro atoms. The van der Waals surface area contributed by atoms with E-state index in [-0.39, 0.29) is 12.8 Å². The van der Waals surface area contributed by atoms with Gasteiger partial charge in [0, 0.05) is 18.0 Å². The van der Waals surface area contributed by atoms with E-state index in [0.717, 1.165) is 16.7 Å². The smallest absolute Gasteiger partial charge is 0.145 e. The Labute approximate surface area is 104 Å². The van der Waals surface area contributed by atoms with Crippen LogP contribution in [0.1, 0.15) is 18.3 Å². The van der Waals surface area contributed by atoms with Crippen molar-refractivity contribution in [3.8, 4) is 0 Å². The number of rotatable bonds is 2. The molecule has 2 N–H and O–H groups in total. The molecule has 1 aliphatic heterocycles. The SMILES string of the molecule is Cc1ncnc2c1ccn2[C@H]1C[C@H](O)[C@@H](CO)O1. The molecule has 0 radical (unpaired) electrons. The number of ether oxygens (including phenoxy) is 1. The summed E-state index contributed by atoms with van der Waals surface area (Å²) in [6.07, 6.45) is 2.41. The van der Waals surface area contributed by atoms with Crippen molar-refractivity contribution in [2.24, 2.45) is 0 Å². The van der Waals surface area contributed by atoms with Crippen LogP contribution in [0.5, 0.6) is 0 Å². The summed E-state index contributed by atoms with van der Waals surface area (Å²) in [4.78, 5) is 8.39. The van der Waals surface area contributed by atoms with Crippen molar-refractivity contribution in [3.05, 3.63) is 24.3 Å². The van der Waals surface area contributed by atoms with E-state index >= 15 is 0 Å². The van der Waals surface area contributed by atoms with E-state index in [1.807, 2.05) is 23.8 Å². The minimum Gasteiger partial charge on any atom is -0.394 e. The Morgan fingerprint density at radius 3 is 3.06 bits per heavy atom. The normalized spacial score (nSPS) is 28.1. The first-order valence-corrected chi connectivity index (χ1v) is 5.93. The zero-order chi connectivity index (χ0) is 12.7. The predicted molar refractivity (Wildman–Crippen MR) is 63.9 cm³/mol. The van der Waals surface area contributed by atoms with Crippen LogP contribution in [0, 0.1) is 6.92 Å². The average Bonchev–Trinajstić information content (AvgIpc) is 2.93. The zero-order valence-electron chi connectivity index (χ0n) is 10.0. The number of hydrogen-bond donors (Lipinski definition) is 2. The highest BCUT2D eigenvalue weighted by molar-refractivity contribution is 5.78. The summed E-state index contributed by atoms with van der Waals surface area (Å²) in [5, 5.41) is 19.8. The third-order valence-corrected chi connectivity index (χ3v) is 3.40. The molecule has 0 bridgehead atoms. The lowest BCUT2D eigenvalue weighted by molar-refractivity contribution is -0.0430. The number of aromatic nitrogens is 3. The minimum absolute atomic E-state index is 0.176. The first-order valence-electron chi connectivity index (χ1n) is 5.93. The summed E-state index contributed by atoms with van der Waals surface area (Å²) in [6, 6.07) is 1.94. The number of aliphatic hydroxyl groups excluding tert-OH is 2. The fourth-order valence-corrected chi connectivity index (χ4v) is 2.38. The van der Waals surface area contributed by atoms with Crippen molar-refractivity contribution in [1.82, 2.24) is 14.5 Å². The maximum atomic E-state index is 9.75. The Morgan fingerprint density at radius 1 is 1.50 bits per heavy atom. The van der Waals surface area contributed by atoms with Gasteiger partial charge in [-0.1, -0.05) is 0 Å². The van der Waals surface area contributed by atoms with Crippen LogP contribution in [-0.4, -0.2) is 43.6 Å². The summed E-state index contributed by atoms with van der Waals surface area (Å²) in [5.74, 6) is 0. The molecule has 18 heavy (non-hydrogen) atoms. The van der Waals surface area contributed by atoms with E-state index < -0.39 is 12.2 Å². The molecule has 3 atom stereocenters. The van der Waals surface area contributed by atoms with Crippen molar-refractivity contribution in [1.29, 1.82) is 0 Å². The molecule has 3 rings (SSSR count). The van der Waals surface area contributed by atoms with Crippen molar-refractivity contribution in [2.75, 3.05) is 6.61 Å². The lowest BCUT2D eigenvalue weighted by Crippen LogP contribution is -2.24. The summed E-state index contributed by atoms with van der Waals surface area (Å²) < 4.78 is 7.50. The lowest BCUT2D eigenvalue weighted by Gasteiger charge is -2.14. The molecule has 6 heteroatoms. The monoisotopic (exact) mass is 249 g/mol. The standard InChI is InChI=1S/C12H15N3O3/c1-7-8-2-3-15(12(8)14-6-13-7)11-4-9(17)10(5-16)18-11/h2-3,6,9-11,16-17H,4-5H2,1H3/t9-,10+,11+/m0/s1. The zero-order valence-corrected chi connectivity index (χ0v) is 10.0. The number of aliphatic hydroxyl groups is 2. The largest absolute Gasteiger partial charge is 0.394 e. The molecule has 3 heterocycles. The number of nitrogens with zero attached hydrogens (tertiary/aromatic N) is 3. The van der Waals surface area contributed by atoms with Gasteiger partial charge in [0.1, 0.15) is 24.3 Å². The van der Waals surface area contributed by atoms with Gasteiger partial charge in [-0.3, -0.25) is 0 Å². The van der Waals surface area contributed by atoms with Crippen molar-refractivity contribution < 1.29 is 14.9 Å². The van der Waals surface area contributed by atoms with Gasteiger partial charge in [-0.25, -0.2) is 9.97 Å². The molecule has 1 aliphatic rings. The fourth-order valence-electron chi connectivity index (χ4n) is 2.38. The number of fused-ring (bicyclic) bond motifs is 1. The molecule has 6 nitrogen and oxygen atoms in total. The van der Waals surface area contributed by atoms with Crippen LogP contribution in [0.4, 0.5) is 0 Å². The molecule has 0 aromatic carbocycles. The Balaban J connectivity index is 1.99. The van der Waals surface area contributed by atoms with Gasteiger partial charge < -0.3 is 19.5 Å². The first-order chi connectivity index (χ1) is 8.70. The molecule has 0 amide bonds. The highest BCUT2D eigenvalue weighted by Gasteiger charge is 2.34. The Morgan fingerprint density at radius 2 is 2.33 bits per heavy atom. The second-order valence-corrected chi connectivity index (χ2v) is 4.53. The summed E-state index contributed by atoms with van der Waals surface area (Å²) in [5.41, 5.74) is 1.70. The van der Waals surface area contributed by atoms with Gasteiger partial charge in [0.15, 0.2) is 0 Å². The minimum atomic E-state index is -0.639. The quantitative estimate of drug-likeness (QED) is 0.804. The highest BCUT2D eigenvalue weighted by atomic mass is 16.5. The molecule has 1 saturated heterocycles. The second-order valence-electron chi connectivity index (χ2n) is 4.53. The maximum Gasteiger partial charge on any atom is 0.145 e. The Kier molecular flexibility index (Phi) is 2.77. The predicted octanol–water partition coefficient (Wildman–Crippen LogP) is 0.380. The molecular weight excluding hydrogens is 234 g/mol. The highest BCUT2D eigenvalue weighted by Crippen LogP contribution is 2.31. The second kappa shape index (κ2) is 4.31. The Hall–Kier alpha value is -1.50. The van der Waals surface area contributed by atoms with Crippen molar-refractivity contribution >= 4 is 11.0 Å². The number of aryl methyl sites for hydroxylation is 1. The molecule has 2 aromatic rings. The van der Waals surface area contributed by atoms with Gasteiger partial charge in [-0.15, -0.1) is 0 Å². The van der Waals surface area contributed by atoms with Crippen molar-refractivity contribution in [2.45, 2.75) is 31.8 Å². The van der Waals surface area contributed by atoms with E-state index in [1.54, 1.807) is 0 Å². The van der Waals surface area contributed by atoms with Crippen LogP contribution in [-0.2, 0) is 4.74 Å². The molecule has 96 valence electrons. The van der Waals surface area contributed by atoms with Gasteiger partial charge in [-0.2, -0.15) is 0 Å². The number of hydrogen-bond acceptors (Lipinski definition) is 5. The van der Waals surface area contributed by atoms with Crippen molar-refractivity contribution in [3.63, 3.8) is 0 Å². The van der Waals surface area contributed by atoms with E-state index in [0.29, 0.717) is 6.42 Å². The Bertz CT molecular complexity index is 569. The third-order valence-electron chi connectivity index (χ3n) is 3.40. The van der Waals surface area contributed by atoms with Gasteiger partial charge in [0.2, 0.25) is 0 Å². The summed E-state index contributed by atoms with van der Waals surface area (Å²) in [6.45, 7) is 1.75. The summed E-state index contributed by atoms with van der Waals surface area (Å²) in [7, 11) is 0. The molecule has 0 aliphatic carbocycles. The third kappa shape index (κ3) is 1.69. The molecule has 2 aromatic heterocycles. The fraction of sp³-hybridized carbons (Fsp3) is 0.500. The van der Waals surface area contributed by atoms with E-state index in [9.17, 15) is 5.11 Å². The van der Waals surface area contributed by atoms with E-state index in [1.165, 1.54) is 6.33 Å².